The first-order valence-electron chi connectivity index (χ1n) is 13.9. The summed E-state index contributed by atoms with van der Waals surface area (Å²) in [6.45, 7) is -0.198. The Morgan fingerprint density at radius 2 is 1.88 bits per heavy atom. The van der Waals surface area contributed by atoms with Crippen molar-refractivity contribution in [3.63, 3.8) is 0 Å². The van der Waals surface area contributed by atoms with Gasteiger partial charge in [-0.05, 0) is 59.9 Å². The van der Waals surface area contributed by atoms with Crippen LogP contribution >= 0.6 is 0 Å². The zero-order chi connectivity index (χ0) is 29.9. The van der Waals surface area contributed by atoms with E-state index in [9.17, 15) is 23.2 Å². The maximum Gasteiger partial charge on any atom is 0.319 e. The van der Waals surface area contributed by atoms with Gasteiger partial charge in [0.25, 0.3) is 5.82 Å². The summed E-state index contributed by atoms with van der Waals surface area (Å²) in [7, 11) is 1.88. The van der Waals surface area contributed by atoms with Gasteiger partial charge >= 0.3 is 5.91 Å². The van der Waals surface area contributed by atoms with Crippen molar-refractivity contribution in [2.75, 3.05) is 43.7 Å². The first-order chi connectivity index (χ1) is 20.7. The lowest BCUT2D eigenvalue weighted by Crippen LogP contribution is -2.71. The van der Waals surface area contributed by atoms with Crippen molar-refractivity contribution in [1.82, 2.24) is 15.2 Å². The first kappa shape index (κ1) is 27.5. The van der Waals surface area contributed by atoms with E-state index in [2.05, 4.69) is 20.9 Å². The zero-order valence-corrected chi connectivity index (χ0v) is 23.3. The van der Waals surface area contributed by atoms with Crippen molar-refractivity contribution in [3.05, 3.63) is 82.7 Å². The number of amides is 3. The number of hydrogen-bond donors (Lipinski definition) is 3. The van der Waals surface area contributed by atoms with E-state index in [0.717, 1.165) is 40.7 Å². The molecule has 2 fully saturated rings. The van der Waals surface area contributed by atoms with E-state index >= 15 is 0 Å². The van der Waals surface area contributed by atoms with Crippen molar-refractivity contribution >= 4 is 29.4 Å². The SMILES string of the molecule is C[n+]1cccc2c1NC(=O)C21Cc2cnc(NC(=O)CN3C(=O)C4(COCOC4)NCC3c3cc(F)cc(F)c3)cc2C1. The number of benzene rings is 1. The third-order valence-corrected chi connectivity index (χ3v) is 8.82. The molecule has 4 aliphatic rings. The van der Waals surface area contributed by atoms with Crippen molar-refractivity contribution in [3.8, 4) is 0 Å². The quantitative estimate of drug-likeness (QED) is 0.387. The summed E-state index contributed by atoms with van der Waals surface area (Å²) >= 11 is 0. The highest BCUT2D eigenvalue weighted by molar-refractivity contribution is 6.05. The maximum absolute atomic E-state index is 14.1. The second-order valence-electron chi connectivity index (χ2n) is 11.6. The molecule has 2 aromatic heterocycles. The Balaban J connectivity index is 1.12. The van der Waals surface area contributed by atoms with Crippen LogP contribution in [0.1, 0.15) is 28.3 Å². The summed E-state index contributed by atoms with van der Waals surface area (Å²) in [5.41, 5.74) is 0.962. The highest BCUT2D eigenvalue weighted by Gasteiger charge is 2.56. The average molecular weight is 592 g/mol. The number of rotatable bonds is 4. The molecular formula is C30H29F2N6O5+. The minimum Gasteiger partial charge on any atom is -0.353 e. The van der Waals surface area contributed by atoms with Crippen LogP contribution in [0.2, 0.25) is 0 Å². The maximum atomic E-state index is 14.1. The van der Waals surface area contributed by atoms with Crippen molar-refractivity contribution in [2.45, 2.75) is 29.8 Å². The Labute approximate surface area is 245 Å². The van der Waals surface area contributed by atoms with E-state index in [0.29, 0.717) is 12.8 Å². The second-order valence-corrected chi connectivity index (χ2v) is 11.6. The van der Waals surface area contributed by atoms with Crippen molar-refractivity contribution in [1.29, 1.82) is 0 Å². The molecule has 3 amide bonds. The van der Waals surface area contributed by atoms with Crippen LogP contribution in [-0.2, 0) is 49.2 Å². The van der Waals surface area contributed by atoms with Crippen LogP contribution in [0.25, 0.3) is 0 Å². The number of pyridine rings is 2. The Morgan fingerprint density at radius 1 is 1.14 bits per heavy atom. The molecule has 2 unspecified atom stereocenters. The molecule has 5 heterocycles. The predicted octanol–water partition coefficient (Wildman–Crippen LogP) is 1.03. The third-order valence-electron chi connectivity index (χ3n) is 8.82. The number of aryl methyl sites for hydroxylation is 1. The van der Waals surface area contributed by atoms with Gasteiger partial charge in [-0.1, -0.05) is 0 Å². The van der Waals surface area contributed by atoms with Gasteiger partial charge in [0.2, 0.25) is 11.8 Å². The molecule has 0 saturated carbocycles. The molecule has 3 aliphatic heterocycles. The Kier molecular flexibility index (Phi) is 6.49. The summed E-state index contributed by atoms with van der Waals surface area (Å²) in [6.07, 6.45) is 4.47. The van der Waals surface area contributed by atoms with Crippen LogP contribution in [0.4, 0.5) is 20.4 Å². The molecule has 2 saturated heterocycles. The largest absolute Gasteiger partial charge is 0.353 e. The fourth-order valence-corrected chi connectivity index (χ4v) is 6.72. The highest BCUT2D eigenvalue weighted by Crippen LogP contribution is 2.46. The number of fused-ring (bicyclic) bond motifs is 3. The molecule has 1 aromatic carbocycles. The monoisotopic (exact) mass is 591 g/mol. The van der Waals surface area contributed by atoms with Gasteiger partial charge < -0.3 is 19.7 Å². The predicted molar refractivity (Wildman–Crippen MR) is 147 cm³/mol. The van der Waals surface area contributed by atoms with Gasteiger partial charge in [0.15, 0.2) is 0 Å². The zero-order valence-electron chi connectivity index (χ0n) is 23.3. The van der Waals surface area contributed by atoms with E-state index in [-0.39, 0.29) is 43.8 Å². The summed E-state index contributed by atoms with van der Waals surface area (Å²) in [4.78, 5) is 46.0. The Bertz CT molecular complexity index is 1660. The number of anilines is 2. The number of aromatic nitrogens is 2. The fraction of sp³-hybridized carbons (Fsp3) is 0.367. The van der Waals surface area contributed by atoms with Gasteiger partial charge in [-0.2, -0.15) is 0 Å². The Morgan fingerprint density at radius 3 is 2.65 bits per heavy atom. The number of carbonyl (C=O) groups is 3. The summed E-state index contributed by atoms with van der Waals surface area (Å²) in [6, 6.07) is 7.83. The minimum atomic E-state index is -1.23. The summed E-state index contributed by atoms with van der Waals surface area (Å²) in [5, 5.41) is 8.90. The number of hydrogen-bond acceptors (Lipinski definition) is 7. The van der Waals surface area contributed by atoms with E-state index < -0.39 is 47.0 Å². The third kappa shape index (κ3) is 4.55. The van der Waals surface area contributed by atoms with Gasteiger partial charge in [0.05, 0.1) is 38.1 Å². The molecule has 3 aromatic rings. The van der Waals surface area contributed by atoms with Crippen LogP contribution in [0.3, 0.4) is 0 Å². The number of halogens is 2. The normalized spacial score (nSPS) is 23.8. The number of carbonyl (C=O) groups excluding carboxylic acids is 3. The lowest BCUT2D eigenvalue weighted by Gasteiger charge is -2.47. The van der Waals surface area contributed by atoms with Gasteiger partial charge in [-0.3, -0.25) is 14.9 Å². The summed E-state index contributed by atoms with van der Waals surface area (Å²) in [5.74, 6) is -1.64. The number of nitrogens with zero attached hydrogens (tertiary/aromatic N) is 3. The van der Waals surface area contributed by atoms with Gasteiger partial charge in [-0.15, -0.1) is 0 Å². The molecule has 222 valence electrons. The van der Waals surface area contributed by atoms with Gasteiger partial charge in [0.1, 0.15) is 41.7 Å². The van der Waals surface area contributed by atoms with E-state index in [1.807, 2.05) is 29.9 Å². The number of nitrogens with one attached hydrogen (secondary N) is 3. The topological polar surface area (TPSA) is 126 Å². The molecule has 43 heavy (non-hydrogen) atoms. The van der Waals surface area contributed by atoms with Crippen molar-refractivity contribution < 1.29 is 37.2 Å². The molecule has 0 bridgehead atoms. The lowest BCUT2D eigenvalue weighted by molar-refractivity contribution is -0.657. The molecule has 1 aliphatic carbocycles. The molecule has 7 rings (SSSR count). The van der Waals surface area contributed by atoms with Crippen LogP contribution in [0.5, 0.6) is 0 Å². The summed E-state index contributed by atoms with van der Waals surface area (Å²) < 4.78 is 40.9. The van der Waals surface area contributed by atoms with E-state index in [1.54, 1.807) is 12.3 Å². The number of ether oxygens (including phenoxy) is 2. The van der Waals surface area contributed by atoms with Crippen molar-refractivity contribution in [2.24, 2.45) is 7.05 Å². The van der Waals surface area contributed by atoms with Gasteiger partial charge in [-0.25, -0.2) is 28.4 Å². The molecule has 13 heteroatoms. The standard InChI is InChI=1S/C30H28F2N6O5/c1-37-4-2-3-22-26(37)36-27(40)29(22)9-18-7-24(33-11-19(18)10-29)35-25(39)13-38-23(17-5-20(31)8-21(32)6-17)12-34-30(28(38)41)14-42-16-43-15-30/h2-8,11,23,34H,9-10,12-16H2,1H3,(H,33,35,39)/p+1. The van der Waals surface area contributed by atoms with Gasteiger partial charge in [0, 0.05) is 18.8 Å². The van der Waals surface area contributed by atoms with E-state index in [4.69, 9.17) is 9.47 Å². The average Bonchev–Trinajstić information content (AvgIpc) is 3.49. The molecule has 11 nitrogen and oxygen atoms in total. The number of piperazine rings is 1. The smallest absolute Gasteiger partial charge is 0.319 e. The Hall–Kier alpha value is -4.33. The van der Waals surface area contributed by atoms with Crippen LogP contribution in [0.15, 0.2) is 48.8 Å². The molecule has 2 spiro atoms. The molecular weight excluding hydrogens is 562 g/mol. The van der Waals surface area contributed by atoms with Crippen LogP contribution in [0, 0.1) is 11.6 Å². The fourth-order valence-electron chi connectivity index (χ4n) is 6.72. The minimum absolute atomic E-state index is 0.0249. The second kappa shape index (κ2) is 10.1. The van der Waals surface area contributed by atoms with Crippen LogP contribution < -0.4 is 20.5 Å². The van der Waals surface area contributed by atoms with E-state index in [1.165, 1.54) is 4.90 Å². The highest BCUT2D eigenvalue weighted by atomic mass is 19.1. The lowest BCUT2D eigenvalue weighted by atomic mass is 9.79. The molecule has 0 radical (unpaired) electrons. The molecule has 2 atom stereocenters. The van der Waals surface area contributed by atoms with Crippen LogP contribution in [-0.4, -0.2) is 66.2 Å². The first-order valence-corrected chi connectivity index (χ1v) is 13.9. The molecule has 3 N–H and O–H groups in total.